The van der Waals surface area contributed by atoms with E-state index in [1.54, 1.807) is 0 Å². The number of hydrogen-bond acceptors (Lipinski definition) is 8. The number of carbonyl (C=O) groups is 2. The minimum Gasteiger partial charge on any atom is -0.434 e. The third-order valence-corrected chi connectivity index (χ3v) is 9.94. The number of fused-ring (bicyclic) bond motifs is 5. The molecule has 3 aliphatic heterocycles. The Kier molecular flexibility index (Phi) is 6.13. The summed E-state index contributed by atoms with van der Waals surface area (Å²) in [5.41, 5.74) is -2.41. The molecule has 3 aliphatic rings. The zero-order valence-electron chi connectivity index (χ0n) is 20.2. The average molecular weight is 506 g/mol. The Hall–Kier alpha value is -1.78. The SMILES string of the molecule is CCN(CC)CC(=O)OC(C(=O)OC12CCCC(C3OC31)[N+]2(C)C)(c1cccs1)c1cccs1. The van der Waals surface area contributed by atoms with E-state index in [2.05, 4.69) is 14.1 Å². The molecule has 3 fully saturated rings. The minimum atomic E-state index is -1.64. The lowest BCUT2D eigenvalue weighted by Crippen LogP contribution is -2.68. The van der Waals surface area contributed by atoms with Crippen LogP contribution in [0, 0.1) is 0 Å². The first-order valence-electron chi connectivity index (χ1n) is 12.0. The number of epoxide rings is 1. The van der Waals surface area contributed by atoms with Crippen LogP contribution in [0.5, 0.6) is 0 Å². The number of ether oxygens (including phenoxy) is 3. The molecule has 2 aromatic heterocycles. The summed E-state index contributed by atoms with van der Waals surface area (Å²) in [7, 11) is 4.27. The van der Waals surface area contributed by atoms with Gasteiger partial charge < -0.3 is 14.2 Å². The van der Waals surface area contributed by atoms with Crippen molar-refractivity contribution in [2.75, 3.05) is 33.7 Å². The van der Waals surface area contributed by atoms with Crippen molar-refractivity contribution < 1.29 is 28.3 Å². The molecular formula is C25H33N2O5S2+. The Labute approximate surface area is 208 Å². The van der Waals surface area contributed by atoms with Gasteiger partial charge in [-0.05, 0) is 42.4 Å². The molecule has 7 nitrogen and oxygen atoms in total. The quantitative estimate of drug-likeness (QED) is 0.295. The van der Waals surface area contributed by atoms with E-state index in [0.29, 0.717) is 20.3 Å². The van der Waals surface area contributed by atoms with Gasteiger partial charge in [-0.25, -0.2) is 4.79 Å². The van der Waals surface area contributed by atoms with E-state index in [-0.39, 0.29) is 18.8 Å². The number of piperidine rings is 1. The lowest BCUT2D eigenvalue weighted by molar-refractivity contribution is -0.984. The monoisotopic (exact) mass is 505 g/mol. The molecule has 0 saturated carbocycles. The molecule has 4 unspecified atom stereocenters. The number of hydrogen-bond donors (Lipinski definition) is 0. The lowest BCUT2D eigenvalue weighted by Gasteiger charge is -2.50. The number of nitrogens with zero attached hydrogens (tertiary/aromatic N) is 2. The second-order valence-electron chi connectivity index (χ2n) is 9.83. The van der Waals surface area contributed by atoms with Crippen LogP contribution in [0.15, 0.2) is 35.0 Å². The van der Waals surface area contributed by atoms with Gasteiger partial charge in [-0.1, -0.05) is 26.0 Å². The van der Waals surface area contributed by atoms with Crippen molar-refractivity contribution in [3.8, 4) is 0 Å². The highest BCUT2D eigenvalue weighted by Crippen LogP contribution is 2.59. The molecule has 4 atom stereocenters. The molecule has 3 saturated heterocycles. The van der Waals surface area contributed by atoms with Gasteiger partial charge in [-0.2, -0.15) is 0 Å². The minimum absolute atomic E-state index is 0.102. The first-order chi connectivity index (χ1) is 16.3. The van der Waals surface area contributed by atoms with Crippen molar-refractivity contribution in [1.29, 1.82) is 0 Å². The van der Waals surface area contributed by atoms with Crippen LogP contribution in [-0.2, 0) is 29.4 Å². The summed E-state index contributed by atoms with van der Waals surface area (Å²) >= 11 is 2.80. The number of rotatable bonds is 9. The van der Waals surface area contributed by atoms with Crippen molar-refractivity contribution in [3.63, 3.8) is 0 Å². The molecular weight excluding hydrogens is 472 g/mol. The Bertz CT molecular complexity index is 1000. The lowest BCUT2D eigenvalue weighted by atomic mass is 9.94. The van der Waals surface area contributed by atoms with Crippen LogP contribution in [0.25, 0.3) is 0 Å². The molecule has 2 aromatic rings. The van der Waals surface area contributed by atoms with Crippen LogP contribution in [0.2, 0.25) is 0 Å². The van der Waals surface area contributed by atoms with Gasteiger partial charge in [-0.3, -0.25) is 14.2 Å². The van der Waals surface area contributed by atoms with E-state index in [4.69, 9.17) is 14.2 Å². The van der Waals surface area contributed by atoms with Crippen molar-refractivity contribution in [2.24, 2.45) is 0 Å². The topological polar surface area (TPSA) is 68.4 Å². The second-order valence-corrected chi connectivity index (χ2v) is 11.7. The summed E-state index contributed by atoms with van der Waals surface area (Å²) in [6, 6.07) is 7.76. The van der Waals surface area contributed by atoms with Gasteiger partial charge in [-0.15, -0.1) is 22.7 Å². The fourth-order valence-corrected chi connectivity index (χ4v) is 7.74. The Morgan fingerprint density at radius 1 is 1.18 bits per heavy atom. The third-order valence-electron chi connectivity index (χ3n) is 8.00. The highest BCUT2D eigenvalue weighted by molar-refractivity contribution is 7.12. The highest BCUT2D eigenvalue weighted by atomic mass is 32.1. The molecule has 0 N–H and O–H groups in total. The van der Waals surface area contributed by atoms with Gasteiger partial charge >= 0.3 is 11.9 Å². The number of thiophene rings is 2. The van der Waals surface area contributed by atoms with Crippen LogP contribution in [-0.4, -0.2) is 79.0 Å². The summed E-state index contributed by atoms with van der Waals surface area (Å²) < 4.78 is 19.3. The maximum absolute atomic E-state index is 14.4. The molecule has 0 radical (unpaired) electrons. The van der Waals surface area contributed by atoms with Crippen LogP contribution in [0.4, 0.5) is 0 Å². The predicted molar refractivity (Wildman–Crippen MR) is 131 cm³/mol. The van der Waals surface area contributed by atoms with E-state index in [0.717, 1.165) is 32.4 Å². The maximum Gasteiger partial charge on any atom is 0.366 e. The van der Waals surface area contributed by atoms with E-state index in [1.165, 1.54) is 22.7 Å². The molecule has 0 aromatic carbocycles. The van der Waals surface area contributed by atoms with Gasteiger partial charge in [0.2, 0.25) is 0 Å². The normalized spacial score (nSPS) is 29.0. The molecule has 0 spiro atoms. The Balaban J connectivity index is 1.55. The van der Waals surface area contributed by atoms with Crippen LogP contribution in [0.1, 0.15) is 42.9 Å². The van der Waals surface area contributed by atoms with Crippen LogP contribution < -0.4 is 0 Å². The second kappa shape index (κ2) is 8.71. The number of morpholine rings is 1. The fourth-order valence-electron chi connectivity index (χ4n) is 5.95. The molecule has 9 heteroatoms. The fraction of sp³-hybridized carbons (Fsp3) is 0.600. The number of carbonyl (C=O) groups excluding carboxylic acids is 2. The zero-order valence-corrected chi connectivity index (χ0v) is 21.8. The molecule has 0 amide bonds. The van der Waals surface area contributed by atoms with E-state index < -0.39 is 23.3 Å². The zero-order chi connectivity index (χ0) is 24.1. The first-order valence-corrected chi connectivity index (χ1v) is 13.8. The smallest absolute Gasteiger partial charge is 0.366 e. The number of esters is 2. The molecule has 34 heavy (non-hydrogen) atoms. The predicted octanol–water partition coefficient (Wildman–Crippen LogP) is 3.59. The van der Waals surface area contributed by atoms with Crippen molar-refractivity contribution in [3.05, 3.63) is 44.8 Å². The van der Waals surface area contributed by atoms with E-state index in [1.807, 2.05) is 53.8 Å². The maximum atomic E-state index is 14.4. The van der Waals surface area contributed by atoms with Crippen molar-refractivity contribution >= 4 is 34.6 Å². The highest BCUT2D eigenvalue weighted by Gasteiger charge is 2.80. The standard InChI is InChI=1S/C25H33N2O5S2/c1-5-26(6-2)16-20(28)31-25(18-11-8-14-33-18,19-12-9-15-34-19)23(29)32-24-13-7-10-17(27(24,3)4)21-22(24)30-21/h8-9,11-12,14-15,17,21-22H,5-7,10,13,16H2,1-4H3/q+1. The molecule has 5 heterocycles. The summed E-state index contributed by atoms with van der Waals surface area (Å²) in [5, 5.41) is 3.79. The summed E-state index contributed by atoms with van der Waals surface area (Å²) in [4.78, 5) is 30.9. The van der Waals surface area contributed by atoms with Gasteiger partial charge in [0.1, 0.15) is 12.1 Å². The molecule has 0 aliphatic carbocycles. The van der Waals surface area contributed by atoms with Gasteiger partial charge in [0.05, 0.1) is 30.4 Å². The molecule has 5 rings (SSSR count). The van der Waals surface area contributed by atoms with E-state index in [9.17, 15) is 9.59 Å². The Morgan fingerprint density at radius 3 is 2.38 bits per heavy atom. The summed E-state index contributed by atoms with van der Waals surface area (Å²) in [6.45, 7) is 5.56. The van der Waals surface area contributed by atoms with Crippen molar-refractivity contribution in [2.45, 2.75) is 62.7 Å². The third kappa shape index (κ3) is 3.47. The van der Waals surface area contributed by atoms with E-state index >= 15 is 0 Å². The molecule has 184 valence electrons. The van der Waals surface area contributed by atoms with Gasteiger partial charge in [0, 0.05) is 12.8 Å². The number of likely N-dealkylation sites (N-methyl/N-ethyl adjacent to an activating group) is 2. The number of quaternary nitrogens is 1. The summed E-state index contributed by atoms with van der Waals surface area (Å²) in [6.07, 6.45) is 2.82. The van der Waals surface area contributed by atoms with Crippen LogP contribution in [0.3, 0.4) is 0 Å². The molecule has 2 bridgehead atoms. The van der Waals surface area contributed by atoms with Gasteiger partial charge in [0.15, 0.2) is 6.10 Å². The largest absolute Gasteiger partial charge is 0.434 e. The first kappa shape index (κ1) is 23.9. The average Bonchev–Trinajstić information content (AvgIpc) is 3.15. The van der Waals surface area contributed by atoms with Crippen LogP contribution >= 0.6 is 22.7 Å². The van der Waals surface area contributed by atoms with Crippen molar-refractivity contribution in [1.82, 2.24) is 4.90 Å². The van der Waals surface area contributed by atoms with Gasteiger partial charge in [0.25, 0.3) is 11.3 Å². The summed E-state index contributed by atoms with van der Waals surface area (Å²) in [5.74, 6) is -0.976. The Morgan fingerprint density at radius 2 is 1.82 bits per heavy atom.